The van der Waals surface area contributed by atoms with Gasteiger partial charge in [0, 0.05) is 23.1 Å². The Labute approximate surface area is 187 Å². The molecule has 0 bridgehead atoms. The average Bonchev–Trinajstić information content (AvgIpc) is 2.76. The normalized spacial score (nSPS) is 10.8. The minimum atomic E-state index is -0.501. The minimum absolute atomic E-state index is 0.100. The van der Waals surface area contributed by atoms with Gasteiger partial charge in [0.1, 0.15) is 0 Å². The van der Waals surface area contributed by atoms with Crippen LogP contribution < -0.4 is 5.32 Å². The number of nitrogens with one attached hydrogen (secondary N) is 1. The SMILES string of the molecule is Cc1ccc([N+](=O)[O-])cc1NC(=O)c1cc(-c2ccc(Cl)c(Cl)c2)nc2ccccc12. The first kappa shape index (κ1) is 20.8. The number of hydrogen-bond acceptors (Lipinski definition) is 4. The van der Waals surface area contributed by atoms with Crippen LogP contribution in [0.1, 0.15) is 15.9 Å². The van der Waals surface area contributed by atoms with Crippen molar-refractivity contribution in [3.8, 4) is 11.3 Å². The number of amides is 1. The molecule has 1 aromatic heterocycles. The maximum atomic E-state index is 13.2. The lowest BCUT2D eigenvalue weighted by molar-refractivity contribution is -0.384. The summed E-state index contributed by atoms with van der Waals surface area (Å²) in [6.45, 7) is 1.77. The number of anilines is 1. The van der Waals surface area contributed by atoms with Crippen molar-refractivity contribution in [2.45, 2.75) is 6.92 Å². The van der Waals surface area contributed by atoms with Crippen molar-refractivity contribution < 1.29 is 9.72 Å². The Morgan fingerprint density at radius 3 is 2.52 bits per heavy atom. The number of non-ortho nitro benzene ring substituents is 1. The Balaban J connectivity index is 1.81. The van der Waals surface area contributed by atoms with Crippen molar-refractivity contribution in [3.63, 3.8) is 0 Å². The van der Waals surface area contributed by atoms with Crippen molar-refractivity contribution in [1.29, 1.82) is 0 Å². The summed E-state index contributed by atoms with van der Waals surface area (Å²) in [6.07, 6.45) is 0. The number of fused-ring (bicyclic) bond motifs is 1. The van der Waals surface area contributed by atoms with Crippen LogP contribution in [0.2, 0.25) is 10.0 Å². The third-order valence-corrected chi connectivity index (χ3v) is 5.60. The van der Waals surface area contributed by atoms with Gasteiger partial charge in [0.05, 0.1) is 37.4 Å². The predicted octanol–water partition coefficient (Wildman–Crippen LogP) is 6.68. The number of nitrogens with zero attached hydrogens (tertiary/aromatic N) is 2. The van der Waals surface area contributed by atoms with Crippen molar-refractivity contribution >= 4 is 51.4 Å². The first-order valence-electron chi connectivity index (χ1n) is 9.25. The molecular weight excluding hydrogens is 437 g/mol. The van der Waals surface area contributed by atoms with Gasteiger partial charge in [-0.25, -0.2) is 4.98 Å². The summed E-state index contributed by atoms with van der Waals surface area (Å²) < 4.78 is 0. The number of carbonyl (C=O) groups excluding carboxylic acids is 1. The average molecular weight is 452 g/mol. The van der Waals surface area contributed by atoms with E-state index in [2.05, 4.69) is 10.3 Å². The zero-order valence-corrected chi connectivity index (χ0v) is 17.7. The number of aryl methyl sites for hydroxylation is 1. The van der Waals surface area contributed by atoms with Crippen molar-refractivity contribution in [2.75, 3.05) is 5.32 Å². The molecule has 0 aliphatic heterocycles. The number of pyridine rings is 1. The number of benzene rings is 3. The van der Waals surface area contributed by atoms with E-state index < -0.39 is 10.8 Å². The second kappa shape index (κ2) is 8.34. The van der Waals surface area contributed by atoms with Crippen LogP contribution in [0.3, 0.4) is 0 Å². The van der Waals surface area contributed by atoms with Crippen LogP contribution in [-0.2, 0) is 0 Å². The fourth-order valence-corrected chi connectivity index (χ4v) is 3.51. The van der Waals surface area contributed by atoms with E-state index in [4.69, 9.17) is 23.2 Å². The van der Waals surface area contributed by atoms with Gasteiger partial charge in [-0.3, -0.25) is 14.9 Å². The zero-order valence-electron chi connectivity index (χ0n) is 16.2. The predicted molar refractivity (Wildman–Crippen MR) is 123 cm³/mol. The first-order valence-corrected chi connectivity index (χ1v) is 10.0. The number of rotatable bonds is 4. The van der Waals surface area contributed by atoms with Gasteiger partial charge >= 0.3 is 0 Å². The van der Waals surface area contributed by atoms with Gasteiger partial charge in [0.25, 0.3) is 11.6 Å². The minimum Gasteiger partial charge on any atom is -0.321 e. The molecule has 6 nitrogen and oxygen atoms in total. The van der Waals surface area contributed by atoms with Gasteiger partial charge in [-0.15, -0.1) is 0 Å². The zero-order chi connectivity index (χ0) is 22.1. The van der Waals surface area contributed by atoms with Crippen LogP contribution in [0.15, 0.2) is 66.7 Å². The van der Waals surface area contributed by atoms with Crippen LogP contribution in [0.5, 0.6) is 0 Å². The highest BCUT2D eigenvalue weighted by Crippen LogP contribution is 2.31. The molecule has 0 radical (unpaired) electrons. The Bertz CT molecular complexity index is 1360. The van der Waals surface area contributed by atoms with Crippen molar-refractivity contribution in [2.24, 2.45) is 0 Å². The van der Waals surface area contributed by atoms with Crippen LogP contribution in [0.4, 0.5) is 11.4 Å². The molecule has 154 valence electrons. The van der Waals surface area contributed by atoms with E-state index in [0.29, 0.717) is 49.0 Å². The number of aromatic nitrogens is 1. The van der Waals surface area contributed by atoms with E-state index >= 15 is 0 Å². The lowest BCUT2D eigenvalue weighted by Gasteiger charge is -2.12. The van der Waals surface area contributed by atoms with Gasteiger partial charge < -0.3 is 5.32 Å². The van der Waals surface area contributed by atoms with E-state index in [1.807, 2.05) is 18.2 Å². The standard InChI is InChI=1S/C23H15Cl2N3O3/c1-13-6-8-15(28(30)31)11-21(13)27-23(29)17-12-22(14-7-9-18(24)19(25)10-14)26-20-5-3-2-4-16(17)20/h2-12H,1H3,(H,27,29). The molecule has 0 fully saturated rings. The number of nitro groups is 1. The summed E-state index contributed by atoms with van der Waals surface area (Å²) in [5.74, 6) is -0.400. The summed E-state index contributed by atoms with van der Waals surface area (Å²) in [5.41, 5.74) is 3.26. The Kier molecular flexibility index (Phi) is 5.59. The Hall–Kier alpha value is -3.48. The molecule has 31 heavy (non-hydrogen) atoms. The molecule has 1 N–H and O–H groups in total. The van der Waals surface area contributed by atoms with Gasteiger partial charge in [-0.2, -0.15) is 0 Å². The highest BCUT2D eigenvalue weighted by atomic mass is 35.5. The second-order valence-electron chi connectivity index (χ2n) is 6.91. The molecule has 8 heteroatoms. The van der Waals surface area contributed by atoms with E-state index in [9.17, 15) is 14.9 Å². The fraction of sp³-hybridized carbons (Fsp3) is 0.0435. The molecule has 0 aliphatic rings. The highest BCUT2D eigenvalue weighted by Gasteiger charge is 2.17. The summed E-state index contributed by atoms with van der Waals surface area (Å²) in [6, 6.07) is 18.4. The molecule has 0 aliphatic carbocycles. The lowest BCUT2D eigenvalue weighted by Crippen LogP contribution is -2.14. The third kappa shape index (κ3) is 4.21. The van der Waals surface area contributed by atoms with E-state index in [0.717, 1.165) is 0 Å². The fourth-order valence-electron chi connectivity index (χ4n) is 3.21. The third-order valence-electron chi connectivity index (χ3n) is 4.86. The van der Waals surface area contributed by atoms with Crippen LogP contribution in [0.25, 0.3) is 22.2 Å². The van der Waals surface area contributed by atoms with Crippen molar-refractivity contribution in [3.05, 3.63) is 98.0 Å². The number of nitro benzene ring substituents is 1. The summed E-state index contributed by atoms with van der Waals surface area (Å²) >= 11 is 12.2. The molecule has 0 saturated heterocycles. The second-order valence-corrected chi connectivity index (χ2v) is 7.73. The van der Waals surface area contributed by atoms with Gasteiger partial charge in [0.2, 0.25) is 0 Å². The monoisotopic (exact) mass is 451 g/mol. The number of halogens is 2. The molecule has 0 spiro atoms. The maximum Gasteiger partial charge on any atom is 0.271 e. The number of carbonyl (C=O) groups is 1. The quantitative estimate of drug-likeness (QED) is 0.277. The summed E-state index contributed by atoms with van der Waals surface area (Å²) in [7, 11) is 0. The molecule has 0 atom stereocenters. The summed E-state index contributed by atoms with van der Waals surface area (Å²) in [5, 5.41) is 15.4. The Morgan fingerprint density at radius 2 is 1.77 bits per heavy atom. The van der Waals surface area contributed by atoms with Gasteiger partial charge in [-0.1, -0.05) is 53.5 Å². The number of hydrogen-bond donors (Lipinski definition) is 1. The maximum absolute atomic E-state index is 13.2. The van der Waals surface area contributed by atoms with E-state index in [1.54, 1.807) is 43.3 Å². The van der Waals surface area contributed by atoms with E-state index in [1.165, 1.54) is 12.1 Å². The molecule has 3 aromatic carbocycles. The smallest absolute Gasteiger partial charge is 0.271 e. The first-order chi connectivity index (χ1) is 14.8. The topological polar surface area (TPSA) is 85.1 Å². The summed E-state index contributed by atoms with van der Waals surface area (Å²) in [4.78, 5) is 28.5. The van der Waals surface area contributed by atoms with Gasteiger partial charge in [0.15, 0.2) is 0 Å². The molecule has 1 heterocycles. The Morgan fingerprint density at radius 1 is 1.00 bits per heavy atom. The molecular formula is C23H15Cl2N3O3. The highest BCUT2D eigenvalue weighted by molar-refractivity contribution is 6.42. The number of para-hydroxylation sites is 1. The van der Waals surface area contributed by atoms with Crippen LogP contribution in [-0.4, -0.2) is 15.8 Å². The van der Waals surface area contributed by atoms with Gasteiger partial charge in [-0.05, 0) is 36.8 Å². The molecule has 0 saturated carbocycles. The molecule has 0 unspecified atom stereocenters. The molecule has 4 rings (SSSR count). The molecule has 4 aromatic rings. The lowest BCUT2D eigenvalue weighted by atomic mass is 10.0. The van der Waals surface area contributed by atoms with Crippen LogP contribution >= 0.6 is 23.2 Å². The van der Waals surface area contributed by atoms with Crippen LogP contribution in [0, 0.1) is 17.0 Å². The molecule has 1 amide bonds. The largest absolute Gasteiger partial charge is 0.321 e. The van der Waals surface area contributed by atoms with E-state index in [-0.39, 0.29) is 5.69 Å². The van der Waals surface area contributed by atoms with Crippen molar-refractivity contribution in [1.82, 2.24) is 4.98 Å².